The number of hydrogen-bond donors (Lipinski definition) is 1. The first kappa shape index (κ1) is 10.6. The Labute approximate surface area is 89.5 Å². The summed E-state index contributed by atoms with van der Waals surface area (Å²) in [6.45, 7) is 0. The molecular formula is C9H9FINO. The van der Waals surface area contributed by atoms with Crippen molar-refractivity contribution in [2.75, 3.05) is 0 Å². The Bertz CT molecular complexity index is 316. The molecule has 1 atom stereocenters. The van der Waals surface area contributed by atoms with Crippen molar-refractivity contribution in [1.29, 1.82) is 0 Å². The third kappa shape index (κ3) is 3.40. The van der Waals surface area contributed by atoms with Crippen molar-refractivity contribution >= 4 is 26.4 Å². The second-order valence-corrected chi connectivity index (χ2v) is 3.81. The smallest absolute Gasteiger partial charge is 0.209 e. The molecule has 2 nitrogen and oxygen atoms in total. The zero-order valence-electron chi connectivity index (χ0n) is 6.84. The van der Waals surface area contributed by atoms with E-state index in [1.165, 1.54) is 12.1 Å². The Morgan fingerprint density at radius 1 is 1.62 bits per heavy atom. The van der Waals surface area contributed by atoms with Gasteiger partial charge in [0.15, 0.2) is 0 Å². The van der Waals surface area contributed by atoms with E-state index >= 15 is 0 Å². The molecule has 0 fully saturated rings. The maximum Gasteiger partial charge on any atom is 0.209 e. The predicted molar refractivity (Wildman–Crippen MR) is 57.1 cm³/mol. The van der Waals surface area contributed by atoms with Crippen LogP contribution in [0.15, 0.2) is 24.3 Å². The van der Waals surface area contributed by atoms with Gasteiger partial charge in [-0.25, -0.2) is 4.39 Å². The molecule has 0 heterocycles. The van der Waals surface area contributed by atoms with Crippen molar-refractivity contribution < 1.29 is 9.18 Å². The van der Waals surface area contributed by atoms with Gasteiger partial charge in [0, 0.05) is 22.6 Å². The van der Waals surface area contributed by atoms with Crippen molar-refractivity contribution in [2.45, 2.75) is 12.5 Å². The van der Waals surface area contributed by atoms with E-state index < -0.39 is 6.04 Å². The lowest BCUT2D eigenvalue weighted by molar-refractivity contribution is -0.110. The van der Waals surface area contributed by atoms with Crippen molar-refractivity contribution in [1.82, 2.24) is 0 Å². The quantitative estimate of drug-likeness (QED) is 0.680. The van der Waals surface area contributed by atoms with E-state index in [1.54, 1.807) is 34.7 Å². The summed E-state index contributed by atoms with van der Waals surface area (Å²) >= 11 is 1.65. The molecule has 13 heavy (non-hydrogen) atoms. The number of hydrogen-bond acceptors (Lipinski definition) is 2. The second kappa shape index (κ2) is 4.66. The number of carbonyl (C=O) groups is 1. The SMILES string of the molecule is N[C@@H](Cc1cccc(F)c1)C(=O)I. The molecule has 0 bridgehead atoms. The lowest BCUT2D eigenvalue weighted by atomic mass is 10.1. The van der Waals surface area contributed by atoms with Crippen LogP contribution in [-0.4, -0.2) is 9.83 Å². The fourth-order valence-corrected chi connectivity index (χ4v) is 1.22. The van der Waals surface area contributed by atoms with E-state index in [9.17, 15) is 9.18 Å². The fourth-order valence-electron chi connectivity index (χ4n) is 0.998. The van der Waals surface area contributed by atoms with Gasteiger partial charge in [-0.2, -0.15) is 0 Å². The van der Waals surface area contributed by atoms with Crippen LogP contribution in [-0.2, 0) is 11.2 Å². The van der Waals surface area contributed by atoms with Crippen LogP contribution in [0.3, 0.4) is 0 Å². The van der Waals surface area contributed by atoms with Crippen molar-refractivity contribution in [3.8, 4) is 0 Å². The van der Waals surface area contributed by atoms with Crippen molar-refractivity contribution in [2.24, 2.45) is 5.73 Å². The Morgan fingerprint density at radius 2 is 2.31 bits per heavy atom. The molecule has 0 aliphatic carbocycles. The molecular weight excluding hydrogens is 284 g/mol. The minimum absolute atomic E-state index is 0.109. The summed E-state index contributed by atoms with van der Waals surface area (Å²) in [5, 5.41) is 0. The number of benzene rings is 1. The van der Waals surface area contributed by atoms with Gasteiger partial charge in [-0.3, -0.25) is 4.79 Å². The number of rotatable bonds is 3. The molecule has 0 unspecified atom stereocenters. The first-order valence-corrected chi connectivity index (χ1v) is 4.87. The van der Waals surface area contributed by atoms with E-state index in [4.69, 9.17) is 5.73 Å². The molecule has 0 saturated carbocycles. The summed E-state index contributed by atoms with van der Waals surface area (Å²) in [5.74, 6) is -0.300. The first-order valence-electron chi connectivity index (χ1n) is 3.79. The van der Waals surface area contributed by atoms with Gasteiger partial charge in [0.1, 0.15) is 5.82 Å². The molecule has 1 aromatic rings. The Morgan fingerprint density at radius 3 is 2.85 bits per heavy atom. The summed E-state index contributed by atoms with van der Waals surface area (Å²) in [5.41, 5.74) is 6.27. The van der Waals surface area contributed by atoms with Gasteiger partial charge in [-0.1, -0.05) is 12.1 Å². The Balaban J connectivity index is 2.69. The van der Waals surface area contributed by atoms with E-state index in [-0.39, 0.29) is 9.61 Å². The standard InChI is InChI=1S/C9H9FINO/c10-7-3-1-2-6(4-7)5-8(12)9(11)13/h1-4,8H,5,12H2/t8-/m0/s1. The molecule has 1 rings (SSSR count). The molecule has 70 valence electrons. The molecule has 2 N–H and O–H groups in total. The number of nitrogens with two attached hydrogens (primary N) is 1. The monoisotopic (exact) mass is 293 g/mol. The van der Waals surface area contributed by atoms with Crippen LogP contribution in [0.1, 0.15) is 5.56 Å². The number of carbonyl (C=O) groups excluding carboxylic acids is 1. The van der Waals surface area contributed by atoms with E-state index in [0.29, 0.717) is 6.42 Å². The van der Waals surface area contributed by atoms with E-state index in [0.717, 1.165) is 5.56 Å². The van der Waals surface area contributed by atoms with Crippen LogP contribution in [0.5, 0.6) is 0 Å². The highest BCUT2D eigenvalue weighted by atomic mass is 127. The summed E-state index contributed by atoms with van der Waals surface area (Å²) < 4.78 is 12.6. The molecule has 4 heteroatoms. The molecule has 0 aliphatic rings. The zero-order valence-corrected chi connectivity index (χ0v) is 8.99. The molecule has 0 radical (unpaired) electrons. The van der Waals surface area contributed by atoms with Crippen molar-refractivity contribution in [3.05, 3.63) is 35.6 Å². The van der Waals surface area contributed by atoms with E-state index in [2.05, 4.69) is 0 Å². The lowest BCUT2D eigenvalue weighted by Gasteiger charge is -2.05. The summed E-state index contributed by atoms with van der Waals surface area (Å²) in [4.78, 5) is 10.8. The van der Waals surface area contributed by atoms with Gasteiger partial charge in [0.2, 0.25) is 3.79 Å². The lowest BCUT2D eigenvalue weighted by Crippen LogP contribution is -2.28. The van der Waals surface area contributed by atoms with Crippen molar-refractivity contribution in [3.63, 3.8) is 0 Å². The third-order valence-electron chi connectivity index (χ3n) is 1.64. The topological polar surface area (TPSA) is 43.1 Å². The minimum Gasteiger partial charge on any atom is -0.321 e. The maximum absolute atomic E-state index is 12.7. The average Bonchev–Trinajstić information content (AvgIpc) is 2.04. The molecule has 0 spiro atoms. The van der Waals surface area contributed by atoms with Gasteiger partial charge in [-0.15, -0.1) is 0 Å². The van der Waals surface area contributed by atoms with E-state index in [1.807, 2.05) is 0 Å². The molecule has 0 amide bonds. The minimum atomic E-state index is -0.539. The average molecular weight is 293 g/mol. The largest absolute Gasteiger partial charge is 0.321 e. The van der Waals surface area contributed by atoms with Gasteiger partial charge >= 0.3 is 0 Å². The highest BCUT2D eigenvalue weighted by Gasteiger charge is 2.10. The normalized spacial score (nSPS) is 12.5. The second-order valence-electron chi connectivity index (χ2n) is 2.74. The van der Waals surface area contributed by atoms with Gasteiger partial charge in [-0.05, 0) is 24.1 Å². The van der Waals surface area contributed by atoms with Crippen LogP contribution in [0.2, 0.25) is 0 Å². The summed E-state index contributed by atoms with van der Waals surface area (Å²) in [7, 11) is 0. The Hall–Kier alpha value is -0.490. The maximum atomic E-state index is 12.7. The Kier molecular flexibility index (Phi) is 3.80. The molecule has 0 saturated heterocycles. The van der Waals surface area contributed by atoms with Crippen LogP contribution >= 0.6 is 22.6 Å². The highest BCUT2D eigenvalue weighted by Crippen LogP contribution is 2.07. The van der Waals surface area contributed by atoms with Crippen LogP contribution < -0.4 is 5.73 Å². The highest BCUT2D eigenvalue weighted by molar-refractivity contribution is 14.1. The van der Waals surface area contributed by atoms with Crippen LogP contribution in [0.25, 0.3) is 0 Å². The van der Waals surface area contributed by atoms with Gasteiger partial charge in [0.25, 0.3) is 0 Å². The summed E-state index contributed by atoms with van der Waals surface area (Å²) in [6.07, 6.45) is 0.388. The zero-order chi connectivity index (χ0) is 9.84. The third-order valence-corrected chi connectivity index (χ3v) is 2.44. The van der Waals surface area contributed by atoms with Gasteiger partial charge in [0.05, 0.1) is 6.04 Å². The first-order chi connectivity index (χ1) is 6.09. The summed E-state index contributed by atoms with van der Waals surface area (Å²) in [6, 6.07) is 5.57. The van der Waals surface area contributed by atoms with Crippen LogP contribution in [0.4, 0.5) is 4.39 Å². The number of halogens is 2. The molecule has 0 aromatic heterocycles. The van der Waals surface area contributed by atoms with Crippen LogP contribution in [0, 0.1) is 5.82 Å². The van der Waals surface area contributed by atoms with Gasteiger partial charge < -0.3 is 5.73 Å². The molecule has 0 aliphatic heterocycles. The fraction of sp³-hybridized carbons (Fsp3) is 0.222. The molecule has 1 aromatic carbocycles. The predicted octanol–water partition coefficient (Wildman–Crippen LogP) is 1.66.